The summed E-state index contributed by atoms with van der Waals surface area (Å²) < 4.78 is 2.98. The lowest BCUT2D eigenvalue weighted by Crippen LogP contribution is -2.18. The van der Waals surface area contributed by atoms with Gasteiger partial charge in [0, 0.05) is 6.04 Å². The lowest BCUT2D eigenvalue weighted by Gasteiger charge is -2.28. The van der Waals surface area contributed by atoms with Gasteiger partial charge in [-0.05, 0) is 50.7 Å². The van der Waals surface area contributed by atoms with Crippen LogP contribution in [0.1, 0.15) is 50.9 Å². The van der Waals surface area contributed by atoms with Gasteiger partial charge in [-0.15, -0.1) is 0 Å². The molecule has 0 spiro atoms. The first-order valence-electron chi connectivity index (χ1n) is 5.86. The predicted molar refractivity (Wildman–Crippen MR) is 63.4 cm³/mol. The third-order valence-electron chi connectivity index (χ3n) is 3.64. The van der Waals surface area contributed by atoms with Crippen LogP contribution in [0.5, 0.6) is 0 Å². The van der Waals surface area contributed by atoms with Gasteiger partial charge in [-0.1, -0.05) is 13.3 Å². The number of aryl methyl sites for hydroxylation is 1. The number of nitrogens with zero attached hydrogens (tertiary/aromatic N) is 2. The van der Waals surface area contributed by atoms with E-state index in [0.29, 0.717) is 6.04 Å². The van der Waals surface area contributed by atoms with E-state index in [9.17, 15) is 0 Å². The average Bonchev–Trinajstić information content (AvgIpc) is 2.59. The Balaban J connectivity index is 2.11. The third-order valence-corrected chi connectivity index (χ3v) is 3.93. The highest BCUT2D eigenvalue weighted by molar-refractivity contribution is 7.71. The fourth-order valence-electron chi connectivity index (χ4n) is 2.62. The SMILES string of the molecule is CCC1CCC(n2c(C)n[nH]c2=S)CC1. The lowest BCUT2D eigenvalue weighted by molar-refractivity contribution is 0.265. The Kier molecular flexibility index (Phi) is 3.24. The number of hydrogen-bond donors (Lipinski definition) is 1. The lowest BCUT2D eigenvalue weighted by atomic mass is 9.84. The van der Waals surface area contributed by atoms with E-state index in [-0.39, 0.29) is 0 Å². The normalized spacial score (nSPS) is 26.8. The monoisotopic (exact) mass is 225 g/mol. The van der Waals surface area contributed by atoms with Crippen molar-refractivity contribution in [2.75, 3.05) is 0 Å². The van der Waals surface area contributed by atoms with Gasteiger partial charge in [-0.3, -0.25) is 5.10 Å². The quantitative estimate of drug-likeness (QED) is 0.783. The maximum atomic E-state index is 5.26. The molecule has 1 saturated carbocycles. The van der Waals surface area contributed by atoms with Crippen LogP contribution in [0, 0.1) is 17.6 Å². The topological polar surface area (TPSA) is 33.6 Å². The second kappa shape index (κ2) is 4.47. The number of aromatic amines is 1. The Bertz CT molecular complexity index is 371. The summed E-state index contributed by atoms with van der Waals surface area (Å²) in [4.78, 5) is 0. The van der Waals surface area contributed by atoms with Crippen LogP contribution in [0.3, 0.4) is 0 Å². The molecule has 1 aromatic heterocycles. The van der Waals surface area contributed by atoms with Crippen LogP contribution >= 0.6 is 12.2 Å². The first-order chi connectivity index (χ1) is 7.22. The zero-order valence-electron chi connectivity index (χ0n) is 9.49. The molecule has 0 bridgehead atoms. The van der Waals surface area contributed by atoms with Crippen molar-refractivity contribution in [1.29, 1.82) is 0 Å². The molecule has 0 atom stereocenters. The number of hydrogen-bond acceptors (Lipinski definition) is 2. The molecule has 0 unspecified atom stereocenters. The van der Waals surface area contributed by atoms with Gasteiger partial charge >= 0.3 is 0 Å². The second-order valence-electron chi connectivity index (χ2n) is 4.53. The minimum Gasteiger partial charge on any atom is -0.301 e. The summed E-state index contributed by atoms with van der Waals surface area (Å²) in [6.07, 6.45) is 6.52. The molecule has 1 fully saturated rings. The molecule has 0 radical (unpaired) electrons. The Labute approximate surface area is 95.9 Å². The first-order valence-corrected chi connectivity index (χ1v) is 6.26. The number of rotatable bonds is 2. The van der Waals surface area contributed by atoms with Crippen molar-refractivity contribution < 1.29 is 0 Å². The van der Waals surface area contributed by atoms with E-state index >= 15 is 0 Å². The smallest absolute Gasteiger partial charge is 0.195 e. The Morgan fingerprint density at radius 3 is 2.53 bits per heavy atom. The molecule has 0 aromatic carbocycles. The summed E-state index contributed by atoms with van der Waals surface area (Å²) in [6.45, 7) is 4.32. The Morgan fingerprint density at radius 2 is 2.07 bits per heavy atom. The van der Waals surface area contributed by atoms with Gasteiger partial charge in [-0.2, -0.15) is 5.10 Å². The van der Waals surface area contributed by atoms with Crippen molar-refractivity contribution in [3.8, 4) is 0 Å². The molecular formula is C11H19N3S. The Morgan fingerprint density at radius 1 is 1.40 bits per heavy atom. The van der Waals surface area contributed by atoms with Gasteiger partial charge in [0.1, 0.15) is 5.82 Å². The summed E-state index contributed by atoms with van der Waals surface area (Å²) in [5, 5.41) is 7.05. The minimum absolute atomic E-state index is 0.582. The van der Waals surface area contributed by atoms with Gasteiger partial charge in [0.15, 0.2) is 4.77 Å². The number of aromatic nitrogens is 3. The molecular weight excluding hydrogens is 206 g/mol. The van der Waals surface area contributed by atoms with Crippen molar-refractivity contribution >= 4 is 12.2 Å². The van der Waals surface area contributed by atoms with Crippen molar-refractivity contribution in [3.63, 3.8) is 0 Å². The molecule has 3 nitrogen and oxygen atoms in total. The van der Waals surface area contributed by atoms with E-state index in [1.807, 2.05) is 6.92 Å². The van der Waals surface area contributed by atoms with Crippen molar-refractivity contribution in [3.05, 3.63) is 10.6 Å². The van der Waals surface area contributed by atoms with Gasteiger partial charge in [0.25, 0.3) is 0 Å². The largest absolute Gasteiger partial charge is 0.301 e. The van der Waals surface area contributed by atoms with Gasteiger partial charge in [0.2, 0.25) is 0 Å². The van der Waals surface area contributed by atoms with Gasteiger partial charge in [0.05, 0.1) is 0 Å². The molecule has 1 aliphatic carbocycles. The van der Waals surface area contributed by atoms with Crippen LogP contribution in [0.4, 0.5) is 0 Å². The van der Waals surface area contributed by atoms with Gasteiger partial charge in [-0.25, -0.2) is 0 Å². The average molecular weight is 225 g/mol. The summed E-state index contributed by atoms with van der Waals surface area (Å²) in [5.74, 6) is 1.96. The maximum Gasteiger partial charge on any atom is 0.195 e. The standard InChI is InChI=1S/C11H19N3S/c1-3-9-4-6-10(7-5-9)14-8(2)12-13-11(14)15/h9-10H,3-7H2,1-2H3,(H,13,15). The molecule has 1 heterocycles. The van der Waals surface area contributed by atoms with E-state index in [2.05, 4.69) is 21.7 Å². The van der Waals surface area contributed by atoms with Crippen LogP contribution in [-0.2, 0) is 0 Å². The minimum atomic E-state index is 0.582. The molecule has 0 saturated heterocycles. The van der Waals surface area contributed by atoms with Crippen LogP contribution in [0.2, 0.25) is 0 Å². The van der Waals surface area contributed by atoms with Crippen molar-refractivity contribution in [2.24, 2.45) is 5.92 Å². The zero-order chi connectivity index (χ0) is 10.8. The Hall–Kier alpha value is -0.640. The highest BCUT2D eigenvalue weighted by Gasteiger charge is 2.22. The van der Waals surface area contributed by atoms with E-state index in [4.69, 9.17) is 12.2 Å². The fraction of sp³-hybridized carbons (Fsp3) is 0.818. The highest BCUT2D eigenvalue weighted by Crippen LogP contribution is 2.34. The fourth-order valence-corrected chi connectivity index (χ4v) is 2.95. The second-order valence-corrected chi connectivity index (χ2v) is 4.92. The number of H-pyrrole nitrogens is 1. The van der Waals surface area contributed by atoms with Crippen LogP contribution < -0.4 is 0 Å². The number of nitrogens with one attached hydrogen (secondary N) is 1. The van der Waals surface area contributed by atoms with Gasteiger partial charge < -0.3 is 4.57 Å². The summed E-state index contributed by atoms with van der Waals surface area (Å²) in [6, 6.07) is 0.582. The molecule has 1 aromatic rings. The van der Waals surface area contributed by atoms with E-state index < -0.39 is 0 Å². The molecule has 0 aliphatic heterocycles. The van der Waals surface area contributed by atoms with Crippen LogP contribution in [0.25, 0.3) is 0 Å². The van der Waals surface area contributed by atoms with Crippen molar-refractivity contribution in [1.82, 2.24) is 14.8 Å². The summed E-state index contributed by atoms with van der Waals surface area (Å²) in [5.41, 5.74) is 0. The van der Waals surface area contributed by atoms with Crippen molar-refractivity contribution in [2.45, 2.75) is 52.0 Å². The zero-order valence-corrected chi connectivity index (χ0v) is 10.3. The highest BCUT2D eigenvalue weighted by atomic mass is 32.1. The molecule has 1 aliphatic rings. The molecule has 15 heavy (non-hydrogen) atoms. The van der Waals surface area contributed by atoms with E-state index in [0.717, 1.165) is 16.5 Å². The molecule has 2 rings (SSSR count). The summed E-state index contributed by atoms with van der Waals surface area (Å²) >= 11 is 5.26. The molecule has 84 valence electrons. The summed E-state index contributed by atoms with van der Waals surface area (Å²) in [7, 11) is 0. The van der Waals surface area contributed by atoms with E-state index in [1.54, 1.807) is 0 Å². The van der Waals surface area contributed by atoms with Crippen LogP contribution in [-0.4, -0.2) is 14.8 Å². The predicted octanol–water partition coefficient (Wildman–Crippen LogP) is 3.39. The third kappa shape index (κ3) is 2.14. The molecule has 1 N–H and O–H groups in total. The first kappa shape index (κ1) is 10.9. The van der Waals surface area contributed by atoms with E-state index in [1.165, 1.54) is 32.1 Å². The van der Waals surface area contributed by atoms with Crippen LogP contribution in [0.15, 0.2) is 0 Å². The molecule has 0 amide bonds. The molecule has 4 heteroatoms. The maximum absolute atomic E-state index is 5.26.